The van der Waals surface area contributed by atoms with Gasteiger partial charge in [-0.15, -0.1) is 0 Å². The SMILES string of the molecule is CCOc1ccc2c(c1)C1=C(C2)N=NC1CC(C)O. The molecule has 0 bridgehead atoms. The van der Waals surface area contributed by atoms with E-state index in [0.717, 1.165) is 17.9 Å². The van der Waals surface area contributed by atoms with Gasteiger partial charge in [-0.1, -0.05) is 6.07 Å². The first-order chi connectivity index (χ1) is 9.19. The third kappa shape index (κ3) is 2.16. The largest absolute Gasteiger partial charge is 0.494 e. The van der Waals surface area contributed by atoms with E-state index >= 15 is 0 Å². The Morgan fingerprint density at radius 3 is 3.05 bits per heavy atom. The molecular weight excluding hydrogens is 240 g/mol. The van der Waals surface area contributed by atoms with Gasteiger partial charge in [-0.3, -0.25) is 0 Å². The highest BCUT2D eigenvalue weighted by atomic mass is 16.5. The normalized spacial score (nSPS) is 21.5. The van der Waals surface area contributed by atoms with Crippen molar-refractivity contribution in [2.45, 2.75) is 38.8 Å². The number of benzene rings is 1. The first-order valence-corrected chi connectivity index (χ1v) is 6.77. The summed E-state index contributed by atoms with van der Waals surface area (Å²) in [6, 6.07) is 6.18. The van der Waals surface area contributed by atoms with Crippen LogP contribution >= 0.6 is 0 Å². The van der Waals surface area contributed by atoms with Crippen LogP contribution in [0.3, 0.4) is 0 Å². The van der Waals surface area contributed by atoms with E-state index < -0.39 is 0 Å². The Balaban J connectivity index is 1.93. The molecule has 1 aliphatic carbocycles. The molecule has 2 atom stereocenters. The third-order valence-corrected chi connectivity index (χ3v) is 3.57. The van der Waals surface area contributed by atoms with Gasteiger partial charge >= 0.3 is 0 Å². The molecule has 3 rings (SSSR count). The van der Waals surface area contributed by atoms with Crippen LogP contribution in [-0.4, -0.2) is 23.9 Å². The molecule has 19 heavy (non-hydrogen) atoms. The van der Waals surface area contributed by atoms with Crippen LogP contribution in [-0.2, 0) is 6.42 Å². The molecule has 0 saturated carbocycles. The Morgan fingerprint density at radius 1 is 1.47 bits per heavy atom. The van der Waals surface area contributed by atoms with Gasteiger partial charge in [0, 0.05) is 18.4 Å². The van der Waals surface area contributed by atoms with Gasteiger partial charge in [-0.25, -0.2) is 0 Å². The minimum atomic E-state index is -0.366. The summed E-state index contributed by atoms with van der Waals surface area (Å²) in [7, 11) is 0. The van der Waals surface area contributed by atoms with Crippen molar-refractivity contribution in [1.82, 2.24) is 0 Å². The van der Waals surface area contributed by atoms with Crippen LogP contribution in [0.15, 0.2) is 34.1 Å². The Kier molecular flexibility index (Phi) is 3.11. The quantitative estimate of drug-likeness (QED) is 0.902. The molecule has 1 aliphatic heterocycles. The highest BCUT2D eigenvalue weighted by Gasteiger charge is 2.32. The van der Waals surface area contributed by atoms with Crippen LogP contribution < -0.4 is 4.74 Å². The van der Waals surface area contributed by atoms with E-state index in [9.17, 15) is 5.11 Å². The number of azo groups is 1. The summed E-state index contributed by atoms with van der Waals surface area (Å²) in [5.74, 6) is 0.887. The van der Waals surface area contributed by atoms with Crippen LogP contribution in [0.25, 0.3) is 5.57 Å². The first kappa shape index (κ1) is 12.4. The Hall–Kier alpha value is -1.68. The van der Waals surface area contributed by atoms with Crippen LogP contribution in [0.1, 0.15) is 31.4 Å². The molecule has 1 heterocycles. The number of nitrogens with zero attached hydrogens (tertiary/aromatic N) is 2. The van der Waals surface area contributed by atoms with Gasteiger partial charge in [-0.2, -0.15) is 10.2 Å². The summed E-state index contributed by atoms with van der Waals surface area (Å²) < 4.78 is 5.56. The van der Waals surface area contributed by atoms with Crippen LogP contribution in [0.4, 0.5) is 0 Å². The average molecular weight is 258 g/mol. The van der Waals surface area contributed by atoms with Crippen LogP contribution in [0.5, 0.6) is 5.75 Å². The number of hydrogen-bond donors (Lipinski definition) is 1. The number of aliphatic hydroxyl groups excluding tert-OH is 1. The molecule has 0 radical (unpaired) electrons. The number of ether oxygens (including phenoxy) is 1. The first-order valence-electron chi connectivity index (χ1n) is 6.77. The standard InChI is InChI=1S/C15H18N2O2/c1-3-19-11-5-4-10-7-14-15(12(10)8-11)13(16-17-14)6-9(2)18/h4-5,8-9,13,18H,3,6-7H2,1-2H3. The molecule has 4 nitrogen and oxygen atoms in total. The zero-order valence-electron chi connectivity index (χ0n) is 11.3. The van der Waals surface area contributed by atoms with Crippen molar-refractivity contribution in [3.63, 3.8) is 0 Å². The van der Waals surface area contributed by atoms with Gasteiger partial charge < -0.3 is 9.84 Å². The van der Waals surface area contributed by atoms with Crippen molar-refractivity contribution < 1.29 is 9.84 Å². The van der Waals surface area contributed by atoms with Gasteiger partial charge in [0.25, 0.3) is 0 Å². The van der Waals surface area contributed by atoms with E-state index in [4.69, 9.17) is 4.74 Å². The lowest BCUT2D eigenvalue weighted by Gasteiger charge is -2.14. The molecular formula is C15H18N2O2. The average Bonchev–Trinajstić information content (AvgIpc) is 2.89. The van der Waals surface area contributed by atoms with Crippen molar-refractivity contribution in [3.05, 3.63) is 35.0 Å². The van der Waals surface area contributed by atoms with Crippen molar-refractivity contribution in [2.24, 2.45) is 10.2 Å². The molecule has 0 spiro atoms. The Labute approximate surface area is 112 Å². The molecule has 100 valence electrons. The minimum absolute atomic E-state index is 0.00636. The number of hydrogen-bond acceptors (Lipinski definition) is 4. The Bertz CT molecular complexity index is 561. The number of fused-ring (bicyclic) bond motifs is 2. The van der Waals surface area contributed by atoms with E-state index in [-0.39, 0.29) is 12.1 Å². The third-order valence-electron chi connectivity index (χ3n) is 3.57. The zero-order chi connectivity index (χ0) is 13.4. The fourth-order valence-corrected chi connectivity index (χ4v) is 2.79. The van der Waals surface area contributed by atoms with Gasteiger partial charge in [-0.05, 0) is 37.1 Å². The fourth-order valence-electron chi connectivity index (χ4n) is 2.79. The van der Waals surface area contributed by atoms with Crippen molar-refractivity contribution in [1.29, 1.82) is 0 Å². The lowest BCUT2D eigenvalue weighted by Crippen LogP contribution is -2.13. The van der Waals surface area contributed by atoms with Gasteiger partial charge in [0.15, 0.2) is 0 Å². The molecule has 0 aromatic heterocycles. The van der Waals surface area contributed by atoms with E-state index in [1.807, 2.05) is 13.0 Å². The van der Waals surface area contributed by atoms with Gasteiger partial charge in [0.2, 0.25) is 0 Å². The predicted octanol–water partition coefficient (Wildman–Crippen LogP) is 2.96. The van der Waals surface area contributed by atoms with Gasteiger partial charge in [0.05, 0.1) is 18.4 Å². The summed E-state index contributed by atoms with van der Waals surface area (Å²) in [4.78, 5) is 0. The minimum Gasteiger partial charge on any atom is -0.494 e. The molecule has 0 fully saturated rings. The zero-order valence-corrected chi connectivity index (χ0v) is 11.3. The smallest absolute Gasteiger partial charge is 0.119 e. The monoisotopic (exact) mass is 258 g/mol. The fraction of sp³-hybridized carbons (Fsp3) is 0.467. The molecule has 1 N–H and O–H groups in total. The van der Waals surface area contributed by atoms with Crippen molar-refractivity contribution in [2.75, 3.05) is 6.61 Å². The lowest BCUT2D eigenvalue weighted by molar-refractivity contribution is 0.181. The van der Waals surface area contributed by atoms with Crippen molar-refractivity contribution in [3.8, 4) is 5.75 Å². The maximum absolute atomic E-state index is 9.57. The summed E-state index contributed by atoms with van der Waals surface area (Å²) in [5.41, 5.74) is 4.70. The molecule has 0 saturated heterocycles. The molecule has 4 heteroatoms. The Morgan fingerprint density at radius 2 is 2.32 bits per heavy atom. The van der Waals surface area contributed by atoms with Crippen LogP contribution in [0.2, 0.25) is 0 Å². The molecule has 1 aromatic rings. The van der Waals surface area contributed by atoms with E-state index in [0.29, 0.717) is 13.0 Å². The number of allylic oxidation sites excluding steroid dienone is 1. The van der Waals surface area contributed by atoms with Crippen LogP contribution in [0, 0.1) is 0 Å². The second kappa shape index (κ2) is 4.78. The second-order valence-corrected chi connectivity index (χ2v) is 5.11. The molecule has 2 unspecified atom stereocenters. The molecule has 2 aliphatic rings. The maximum atomic E-state index is 9.57. The van der Waals surface area contributed by atoms with Crippen molar-refractivity contribution >= 4 is 5.57 Å². The number of aliphatic hydroxyl groups is 1. The predicted molar refractivity (Wildman–Crippen MR) is 73.2 cm³/mol. The lowest BCUT2D eigenvalue weighted by atomic mass is 9.96. The van der Waals surface area contributed by atoms with Gasteiger partial charge in [0.1, 0.15) is 11.8 Å². The van der Waals surface area contributed by atoms with E-state index in [1.54, 1.807) is 6.92 Å². The summed E-state index contributed by atoms with van der Waals surface area (Å²) >= 11 is 0. The molecule has 0 amide bonds. The topological polar surface area (TPSA) is 54.2 Å². The summed E-state index contributed by atoms with van der Waals surface area (Å²) in [5, 5.41) is 18.1. The van der Waals surface area contributed by atoms with E-state index in [2.05, 4.69) is 22.4 Å². The highest BCUT2D eigenvalue weighted by molar-refractivity contribution is 5.81. The summed E-state index contributed by atoms with van der Waals surface area (Å²) in [6.07, 6.45) is 1.10. The summed E-state index contributed by atoms with van der Waals surface area (Å²) in [6.45, 7) is 4.44. The van der Waals surface area contributed by atoms with E-state index in [1.165, 1.54) is 16.7 Å². The highest BCUT2D eigenvalue weighted by Crippen LogP contribution is 2.43. The maximum Gasteiger partial charge on any atom is 0.119 e. The molecule has 1 aromatic carbocycles. The number of rotatable bonds is 4. The second-order valence-electron chi connectivity index (χ2n) is 5.11.